The molecule has 0 aromatic heterocycles. The summed E-state index contributed by atoms with van der Waals surface area (Å²) in [5, 5.41) is 0. The zero-order valence-corrected chi connectivity index (χ0v) is 14.4. The molecule has 1 atom stereocenters. The van der Waals surface area contributed by atoms with Crippen molar-refractivity contribution in [3.05, 3.63) is 35.9 Å². The third-order valence-corrected chi connectivity index (χ3v) is 5.10. The summed E-state index contributed by atoms with van der Waals surface area (Å²) in [5.74, 6) is 0.776. The van der Waals surface area contributed by atoms with Crippen LogP contribution >= 0.6 is 0 Å². The molecule has 0 radical (unpaired) electrons. The van der Waals surface area contributed by atoms with Crippen LogP contribution in [0, 0.1) is 5.92 Å². The molecule has 1 unspecified atom stereocenters. The Morgan fingerprint density at radius 1 is 1.05 bits per heavy atom. The predicted octanol–water partition coefficient (Wildman–Crippen LogP) is 4.09. The van der Waals surface area contributed by atoms with Gasteiger partial charge >= 0.3 is 0 Å². The molecule has 1 aromatic carbocycles. The summed E-state index contributed by atoms with van der Waals surface area (Å²) in [6.07, 6.45) is 4.66. The van der Waals surface area contributed by atoms with Gasteiger partial charge in [0.25, 0.3) is 0 Å². The Hall–Kier alpha value is -0.860. The molecule has 2 nitrogen and oxygen atoms in total. The maximum atomic E-state index is 6.26. The number of benzene rings is 1. The Balaban J connectivity index is 2.94. The van der Waals surface area contributed by atoms with Crippen LogP contribution in [-0.4, -0.2) is 30.1 Å². The fourth-order valence-corrected chi connectivity index (χ4v) is 3.30. The number of nitrogens with two attached hydrogens (primary N) is 1. The third kappa shape index (κ3) is 4.82. The number of hydrogen-bond acceptors (Lipinski definition) is 2. The lowest BCUT2D eigenvalue weighted by Gasteiger charge is -2.44. The summed E-state index contributed by atoms with van der Waals surface area (Å²) in [4.78, 5) is 2.64. The molecule has 0 saturated heterocycles. The molecule has 0 fully saturated rings. The summed E-state index contributed by atoms with van der Waals surface area (Å²) in [5.41, 5.74) is 7.75. The Morgan fingerprint density at radius 3 is 2.10 bits per heavy atom. The first-order valence-corrected chi connectivity index (χ1v) is 8.64. The monoisotopic (exact) mass is 290 g/mol. The van der Waals surface area contributed by atoms with E-state index in [9.17, 15) is 0 Å². The second-order valence-corrected chi connectivity index (χ2v) is 6.17. The Labute approximate surface area is 131 Å². The topological polar surface area (TPSA) is 29.3 Å². The first kappa shape index (κ1) is 18.2. The average Bonchev–Trinajstić information content (AvgIpc) is 2.55. The zero-order valence-electron chi connectivity index (χ0n) is 14.4. The van der Waals surface area contributed by atoms with Crippen molar-refractivity contribution in [2.75, 3.05) is 19.6 Å². The number of hydrogen-bond donors (Lipinski definition) is 1. The van der Waals surface area contributed by atoms with Crippen molar-refractivity contribution in [2.45, 2.75) is 58.9 Å². The lowest BCUT2D eigenvalue weighted by atomic mass is 9.85. The minimum atomic E-state index is 0.0959. The summed E-state index contributed by atoms with van der Waals surface area (Å²) in [6, 6.07) is 10.8. The van der Waals surface area contributed by atoms with Gasteiger partial charge in [0.15, 0.2) is 0 Å². The summed E-state index contributed by atoms with van der Waals surface area (Å²) < 4.78 is 0. The highest BCUT2D eigenvalue weighted by atomic mass is 15.2. The van der Waals surface area contributed by atoms with E-state index in [0.717, 1.165) is 31.8 Å². The van der Waals surface area contributed by atoms with Crippen LogP contribution in [0.2, 0.25) is 0 Å². The third-order valence-electron chi connectivity index (χ3n) is 5.10. The van der Waals surface area contributed by atoms with Crippen molar-refractivity contribution in [3.63, 3.8) is 0 Å². The van der Waals surface area contributed by atoms with Gasteiger partial charge < -0.3 is 5.73 Å². The second kappa shape index (κ2) is 9.22. The van der Waals surface area contributed by atoms with E-state index in [1.807, 2.05) is 0 Å². The lowest BCUT2D eigenvalue weighted by molar-refractivity contribution is 0.0746. The molecule has 21 heavy (non-hydrogen) atoms. The van der Waals surface area contributed by atoms with Gasteiger partial charge in [-0.2, -0.15) is 0 Å². The standard InChI is InChI=1S/C19H34N2/c1-5-17(6-2)15-21(8-4)19(7-3,16-20)14-18-12-10-9-11-13-18/h9-13,17H,5-8,14-16,20H2,1-4H3. The van der Waals surface area contributed by atoms with Gasteiger partial charge in [-0.25, -0.2) is 0 Å². The first-order chi connectivity index (χ1) is 10.2. The van der Waals surface area contributed by atoms with Crippen molar-refractivity contribution in [3.8, 4) is 0 Å². The smallest absolute Gasteiger partial charge is 0.0369 e. The highest BCUT2D eigenvalue weighted by Gasteiger charge is 2.33. The molecule has 0 aliphatic carbocycles. The quantitative estimate of drug-likeness (QED) is 0.703. The van der Waals surface area contributed by atoms with Crippen molar-refractivity contribution in [2.24, 2.45) is 11.7 Å². The second-order valence-electron chi connectivity index (χ2n) is 6.17. The fourth-order valence-electron chi connectivity index (χ4n) is 3.30. The SMILES string of the molecule is CCC(CC)CN(CC)C(CC)(CN)Cc1ccccc1. The van der Waals surface area contributed by atoms with E-state index in [-0.39, 0.29) is 5.54 Å². The van der Waals surface area contributed by atoms with Gasteiger partial charge in [-0.05, 0) is 30.9 Å². The molecule has 2 N–H and O–H groups in total. The molecule has 120 valence electrons. The van der Waals surface area contributed by atoms with Crippen LogP contribution < -0.4 is 5.73 Å². The highest BCUT2D eigenvalue weighted by molar-refractivity contribution is 5.18. The van der Waals surface area contributed by atoms with Crippen molar-refractivity contribution in [1.82, 2.24) is 4.90 Å². The summed E-state index contributed by atoms with van der Waals surface area (Å²) in [7, 11) is 0. The van der Waals surface area contributed by atoms with E-state index in [4.69, 9.17) is 5.73 Å². The van der Waals surface area contributed by atoms with Gasteiger partial charge in [0, 0.05) is 18.6 Å². The van der Waals surface area contributed by atoms with E-state index < -0.39 is 0 Å². The molecule has 1 aromatic rings. The van der Waals surface area contributed by atoms with E-state index in [2.05, 4.69) is 62.9 Å². The van der Waals surface area contributed by atoms with E-state index >= 15 is 0 Å². The van der Waals surface area contributed by atoms with Gasteiger partial charge in [0.2, 0.25) is 0 Å². The first-order valence-electron chi connectivity index (χ1n) is 8.64. The molecule has 2 heteroatoms. The largest absolute Gasteiger partial charge is 0.329 e. The minimum Gasteiger partial charge on any atom is -0.329 e. The average molecular weight is 290 g/mol. The minimum absolute atomic E-state index is 0.0959. The molecular formula is C19H34N2. The van der Waals surface area contributed by atoms with Crippen LogP contribution in [0.15, 0.2) is 30.3 Å². The van der Waals surface area contributed by atoms with Crippen LogP contribution in [0.25, 0.3) is 0 Å². The van der Waals surface area contributed by atoms with Crippen LogP contribution in [0.3, 0.4) is 0 Å². The normalized spacial score (nSPS) is 14.6. The Bertz CT molecular complexity index is 366. The van der Waals surface area contributed by atoms with Crippen LogP contribution in [0.4, 0.5) is 0 Å². The number of rotatable bonds is 10. The van der Waals surface area contributed by atoms with Crippen LogP contribution in [-0.2, 0) is 6.42 Å². The summed E-state index contributed by atoms with van der Waals surface area (Å²) in [6.45, 7) is 12.1. The summed E-state index contributed by atoms with van der Waals surface area (Å²) >= 11 is 0. The van der Waals surface area contributed by atoms with Gasteiger partial charge in [0.1, 0.15) is 0 Å². The van der Waals surface area contributed by atoms with Gasteiger partial charge in [-0.3, -0.25) is 4.90 Å². The number of nitrogens with zero attached hydrogens (tertiary/aromatic N) is 1. The lowest BCUT2D eigenvalue weighted by Crippen LogP contribution is -2.56. The molecule has 0 aliphatic rings. The molecule has 0 amide bonds. The maximum Gasteiger partial charge on any atom is 0.0369 e. The predicted molar refractivity (Wildman–Crippen MR) is 93.5 cm³/mol. The number of likely N-dealkylation sites (N-methyl/N-ethyl adjacent to an activating group) is 1. The van der Waals surface area contributed by atoms with Gasteiger partial charge in [-0.15, -0.1) is 0 Å². The maximum absolute atomic E-state index is 6.26. The molecule has 0 aliphatic heterocycles. The van der Waals surface area contributed by atoms with Crippen molar-refractivity contribution in [1.29, 1.82) is 0 Å². The van der Waals surface area contributed by atoms with Gasteiger partial charge in [0.05, 0.1) is 0 Å². The van der Waals surface area contributed by atoms with E-state index in [0.29, 0.717) is 0 Å². The molecule has 0 heterocycles. The molecule has 0 spiro atoms. The molecule has 0 saturated carbocycles. The van der Waals surface area contributed by atoms with Crippen LogP contribution in [0.5, 0.6) is 0 Å². The van der Waals surface area contributed by atoms with Crippen molar-refractivity contribution >= 4 is 0 Å². The molecule has 1 rings (SSSR count). The fraction of sp³-hybridized carbons (Fsp3) is 0.684. The zero-order chi connectivity index (χ0) is 15.7. The Morgan fingerprint density at radius 2 is 1.67 bits per heavy atom. The van der Waals surface area contributed by atoms with Gasteiger partial charge in [-0.1, -0.05) is 70.9 Å². The van der Waals surface area contributed by atoms with Crippen molar-refractivity contribution < 1.29 is 0 Å². The van der Waals surface area contributed by atoms with E-state index in [1.54, 1.807) is 0 Å². The molecule has 0 bridgehead atoms. The van der Waals surface area contributed by atoms with E-state index in [1.165, 1.54) is 24.9 Å². The highest BCUT2D eigenvalue weighted by Crippen LogP contribution is 2.26. The molecular weight excluding hydrogens is 256 g/mol. The Kier molecular flexibility index (Phi) is 7.98. The van der Waals surface area contributed by atoms with Crippen LogP contribution in [0.1, 0.15) is 52.5 Å².